The van der Waals surface area contributed by atoms with E-state index in [4.69, 9.17) is 16.6 Å². The Labute approximate surface area is 113 Å². The minimum atomic E-state index is -4.73. The van der Waals surface area contributed by atoms with Gasteiger partial charge in [-0.25, -0.2) is 0 Å². The van der Waals surface area contributed by atoms with E-state index in [2.05, 4.69) is 0 Å². The zero-order valence-electron chi connectivity index (χ0n) is 10.5. The Balaban J connectivity index is 2.08. The molecule has 0 amide bonds. The van der Waals surface area contributed by atoms with E-state index in [1.54, 1.807) is 29.2 Å². The van der Waals surface area contributed by atoms with Crippen LogP contribution in [0.25, 0.3) is 0 Å². The molecule has 8 heteroatoms. The lowest BCUT2D eigenvalue weighted by Crippen LogP contribution is -2.55. The number of hydrogen-bond acceptors (Lipinski definition) is 4. The molecule has 1 aromatic rings. The van der Waals surface area contributed by atoms with Crippen molar-refractivity contribution in [3.05, 3.63) is 24.3 Å². The Morgan fingerprint density at radius 2 is 1.75 bits per heavy atom. The first-order valence-corrected chi connectivity index (χ1v) is 5.90. The molecule has 0 radical (unpaired) electrons. The van der Waals surface area contributed by atoms with E-state index in [0.717, 1.165) is 5.69 Å². The molecule has 0 aromatic heterocycles. The number of nitrogen functional groups attached to an aromatic ring is 1. The highest BCUT2D eigenvalue weighted by Crippen LogP contribution is 2.23. The molecule has 0 bridgehead atoms. The van der Waals surface area contributed by atoms with E-state index in [9.17, 15) is 13.2 Å². The normalized spacial score (nSPS) is 16.4. The number of hydrogen-bond donors (Lipinski definition) is 3. The zero-order chi connectivity index (χ0) is 14.9. The summed E-state index contributed by atoms with van der Waals surface area (Å²) in [6.45, 7) is 0.300. The number of nitrogens with zero attached hydrogens (tertiary/aromatic N) is 2. The second kappa shape index (κ2) is 5.03. The third kappa shape index (κ3) is 2.84. The summed E-state index contributed by atoms with van der Waals surface area (Å²) in [6, 6.07) is 6.91. The molecule has 1 fully saturated rings. The van der Waals surface area contributed by atoms with Gasteiger partial charge in [-0.1, -0.05) is 0 Å². The van der Waals surface area contributed by atoms with Gasteiger partial charge in [0, 0.05) is 24.5 Å². The summed E-state index contributed by atoms with van der Waals surface area (Å²) in [5, 5.41) is 14.8. The van der Waals surface area contributed by atoms with Crippen LogP contribution in [0.15, 0.2) is 24.3 Å². The van der Waals surface area contributed by atoms with Crippen molar-refractivity contribution in [3.8, 4) is 0 Å². The van der Waals surface area contributed by atoms with Crippen molar-refractivity contribution in [2.45, 2.75) is 6.18 Å². The zero-order valence-corrected chi connectivity index (χ0v) is 10.5. The van der Waals surface area contributed by atoms with Crippen LogP contribution in [-0.2, 0) is 0 Å². The number of nitrogens with one attached hydrogen (secondary N) is 2. The molecule has 1 aliphatic heterocycles. The lowest BCUT2D eigenvalue weighted by molar-refractivity contribution is -0.0671. The Morgan fingerprint density at radius 1 is 1.15 bits per heavy atom. The van der Waals surface area contributed by atoms with E-state index >= 15 is 0 Å². The van der Waals surface area contributed by atoms with Crippen LogP contribution in [0.1, 0.15) is 0 Å². The van der Waals surface area contributed by atoms with Crippen molar-refractivity contribution in [2.75, 3.05) is 30.3 Å². The summed E-state index contributed by atoms with van der Waals surface area (Å²) in [5.41, 5.74) is 6.96. The van der Waals surface area contributed by atoms with Crippen LogP contribution < -0.4 is 10.6 Å². The molecule has 2 rings (SSSR count). The molecule has 0 aliphatic carbocycles. The summed E-state index contributed by atoms with van der Waals surface area (Å²) in [5.74, 6) is -1.73. The molecule has 5 nitrogen and oxygen atoms in total. The molecular formula is C12H14F3N5. The highest BCUT2D eigenvalue weighted by atomic mass is 19.4. The average molecular weight is 285 g/mol. The van der Waals surface area contributed by atoms with Crippen molar-refractivity contribution in [1.29, 1.82) is 10.8 Å². The first-order valence-electron chi connectivity index (χ1n) is 5.90. The van der Waals surface area contributed by atoms with Crippen molar-refractivity contribution in [3.63, 3.8) is 0 Å². The van der Waals surface area contributed by atoms with E-state index in [1.807, 2.05) is 0 Å². The van der Waals surface area contributed by atoms with Gasteiger partial charge in [-0.05, 0) is 24.3 Å². The lowest BCUT2D eigenvalue weighted by Gasteiger charge is -2.37. The van der Waals surface area contributed by atoms with E-state index in [0.29, 0.717) is 17.1 Å². The molecule has 1 saturated heterocycles. The monoisotopic (exact) mass is 285 g/mol. The van der Waals surface area contributed by atoms with Crippen LogP contribution in [0.4, 0.5) is 24.5 Å². The highest BCUT2D eigenvalue weighted by Gasteiger charge is 2.41. The van der Waals surface area contributed by atoms with E-state index < -0.39 is 12.0 Å². The molecule has 4 N–H and O–H groups in total. The third-order valence-electron chi connectivity index (χ3n) is 3.06. The first kappa shape index (κ1) is 14.2. The summed E-state index contributed by atoms with van der Waals surface area (Å²) >= 11 is 0. The molecule has 20 heavy (non-hydrogen) atoms. The second-order valence-electron chi connectivity index (χ2n) is 4.46. The van der Waals surface area contributed by atoms with Crippen molar-refractivity contribution in [1.82, 2.24) is 4.90 Å². The van der Waals surface area contributed by atoms with Crippen LogP contribution in [0, 0.1) is 10.8 Å². The van der Waals surface area contributed by atoms with Crippen molar-refractivity contribution >= 4 is 23.0 Å². The SMILES string of the molecule is N=C1CN(c2ccc(N)cc2)CCN1C(=N)C(F)(F)F. The minimum Gasteiger partial charge on any atom is -0.399 e. The maximum absolute atomic E-state index is 12.5. The summed E-state index contributed by atoms with van der Waals surface area (Å²) in [6.07, 6.45) is -4.73. The van der Waals surface area contributed by atoms with Crippen LogP contribution in [0.5, 0.6) is 0 Å². The van der Waals surface area contributed by atoms with Crippen molar-refractivity contribution in [2.24, 2.45) is 0 Å². The maximum Gasteiger partial charge on any atom is 0.449 e. The predicted octanol–water partition coefficient (Wildman–Crippen LogP) is 1.91. The predicted molar refractivity (Wildman–Crippen MR) is 71.3 cm³/mol. The lowest BCUT2D eigenvalue weighted by atomic mass is 10.2. The number of anilines is 2. The Morgan fingerprint density at radius 3 is 2.25 bits per heavy atom. The van der Waals surface area contributed by atoms with Gasteiger partial charge in [-0.3, -0.25) is 10.8 Å². The van der Waals surface area contributed by atoms with Crippen LogP contribution in [0.3, 0.4) is 0 Å². The van der Waals surface area contributed by atoms with Gasteiger partial charge in [0.2, 0.25) is 5.84 Å². The average Bonchev–Trinajstić information content (AvgIpc) is 2.37. The minimum absolute atomic E-state index is 0.0301. The number of benzene rings is 1. The number of amidine groups is 2. The standard InChI is InChI=1S/C12H14F3N5/c13-12(14,15)11(18)20-6-5-19(7-10(20)17)9-3-1-8(16)2-4-9/h1-4,17-18H,5-7,16H2. The topological polar surface area (TPSA) is 80.2 Å². The molecule has 0 atom stereocenters. The molecule has 108 valence electrons. The summed E-state index contributed by atoms with van der Waals surface area (Å²) in [7, 11) is 0. The Hall–Kier alpha value is -2.25. The summed E-state index contributed by atoms with van der Waals surface area (Å²) < 4.78 is 37.4. The molecule has 0 saturated carbocycles. The molecule has 0 unspecified atom stereocenters. The van der Waals surface area contributed by atoms with Gasteiger partial charge < -0.3 is 15.5 Å². The number of piperazine rings is 1. The van der Waals surface area contributed by atoms with E-state index in [-0.39, 0.29) is 18.9 Å². The fourth-order valence-electron chi connectivity index (χ4n) is 2.01. The fourth-order valence-corrected chi connectivity index (χ4v) is 2.01. The number of alkyl halides is 3. The fraction of sp³-hybridized carbons (Fsp3) is 0.333. The van der Waals surface area contributed by atoms with Crippen LogP contribution in [0.2, 0.25) is 0 Å². The van der Waals surface area contributed by atoms with Gasteiger partial charge in [0.1, 0.15) is 5.84 Å². The Bertz CT molecular complexity index is 523. The molecule has 1 aromatic carbocycles. The van der Waals surface area contributed by atoms with Gasteiger partial charge in [-0.15, -0.1) is 0 Å². The molecule has 0 spiro atoms. The van der Waals surface area contributed by atoms with Gasteiger partial charge in [0.05, 0.1) is 6.54 Å². The van der Waals surface area contributed by atoms with Crippen LogP contribution in [-0.4, -0.2) is 42.4 Å². The van der Waals surface area contributed by atoms with Gasteiger partial charge in [-0.2, -0.15) is 13.2 Å². The van der Waals surface area contributed by atoms with Gasteiger partial charge in [0.15, 0.2) is 0 Å². The number of nitrogens with two attached hydrogens (primary N) is 1. The first-order chi connectivity index (χ1) is 9.29. The molecule has 1 aliphatic rings. The highest BCUT2D eigenvalue weighted by molar-refractivity contribution is 6.03. The maximum atomic E-state index is 12.5. The Kier molecular flexibility index (Phi) is 3.56. The van der Waals surface area contributed by atoms with Gasteiger partial charge >= 0.3 is 6.18 Å². The second-order valence-corrected chi connectivity index (χ2v) is 4.46. The third-order valence-corrected chi connectivity index (χ3v) is 3.06. The smallest absolute Gasteiger partial charge is 0.399 e. The summed E-state index contributed by atoms with van der Waals surface area (Å²) in [4.78, 5) is 2.47. The van der Waals surface area contributed by atoms with Crippen molar-refractivity contribution < 1.29 is 13.2 Å². The quantitative estimate of drug-likeness (QED) is 0.419. The number of halogens is 3. The molecule has 1 heterocycles. The number of rotatable bonds is 1. The largest absolute Gasteiger partial charge is 0.449 e. The molecular weight excluding hydrogens is 271 g/mol. The van der Waals surface area contributed by atoms with E-state index in [1.165, 1.54) is 0 Å². The van der Waals surface area contributed by atoms with Crippen LogP contribution >= 0.6 is 0 Å². The van der Waals surface area contributed by atoms with Gasteiger partial charge in [0.25, 0.3) is 0 Å².